The maximum absolute atomic E-state index is 13.4. The van der Waals surface area contributed by atoms with E-state index < -0.39 is 5.25 Å². The van der Waals surface area contributed by atoms with Crippen molar-refractivity contribution in [1.29, 1.82) is 0 Å². The van der Waals surface area contributed by atoms with Gasteiger partial charge in [-0.25, -0.2) is 9.78 Å². The number of nitrogens with one attached hydrogen (secondary N) is 1. The van der Waals surface area contributed by atoms with Crippen LogP contribution < -0.4 is 5.32 Å². The zero-order chi connectivity index (χ0) is 26.1. The number of fused-ring (bicyclic) bond motifs is 4. The highest BCUT2D eigenvalue weighted by atomic mass is 32.2. The molecule has 5 rings (SSSR count). The lowest BCUT2D eigenvalue weighted by Crippen LogP contribution is -2.25. The molecule has 0 radical (unpaired) electrons. The number of nitrogens with zero attached hydrogens (tertiary/aromatic N) is 4. The lowest BCUT2D eigenvalue weighted by atomic mass is 9.95. The Hall–Kier alpha value is -2.98. The number of carbonyl (C=O) groups excluding carboxylic acids is 2. The van der Waals surface area contributed by atoms with E-state index in [4.69, 9.17) is 9.72 Å². The van der Waals surface area contributed by atoms with Gasteiger partial charge in [-0.1, -0.05) is 36.9 Å². The number of hydrogen-bond acceptors (Lipinski definition) is 8. The van der Waals surface area contributed by atoms with Crippen LogP contribution in [0.2, 0.25) is 0 Å². The van der Waals surface area contributed by atoms with Crippen LogP contribution >= 0.6 is 23.1 Å². The van der Waals surface area contributed by atoms with Gasteiger partial charge in [0.2, 0.25) is 11.1 Å². The number of carbonyl (C=O) groups is 2. The molecule has 0 aliphatic heterocycles. The molecule has 10 heteroatoms. The number of thioether (sulfide) groups is 1. The van der Waals surface area contributed by atoms with Gasteiger partial charge in [0.15, 0.2) is 5.65 Å². The summed E-state index contributed by atoms with van der Waals surface area (Å²) >= 11 is 2.80. The number of esters is 1. The summed E-state index contributed by atoms with van der Waals surface area (Å²) in [5, 5.41) is 13.5. The molecule has 0 fully saturated rings. The van der Waals surface area contributed by atoms with Crippen LogP contribution in [0.1, 0.15) is 73.8 Å². The first-order valence-electron chi connectivity index (χ1n) is 12.8. The van der Waals surface area contributed by atoms with E-state index in [1.165, 1.54) is 28.0 Å². The highest BCUT2D eigenvalue weighted by Gasteiger charge is 2.29. The Bertz CT molecular complexity index is 1480. The molecule has 3 aromatic heterocycles. The summed E-state index contributed by atoms with van der Waals surface area (Å²) in [4.78, 5) is 32.2. The molecule has 1 aliphatic rings. The van der Waals surface area contributed by atoms with Crippen LogP contribution in [0.5, 0.6) is 0 Å². The minimum atomic E-state index is -0.440. The molecule has 0 bridgehead atoms. The van der Waals surface area contributed by atoms with Crippen molar-refractivity contribution in [2.24, 2.45) is 0 Å². The Morgan fingerprint density at radius 1 is 1.16 bits per heavy atom. The second-order valence-electron chi connectivity index (χ2n) is 9.39. The van der Waals surface area contributed by atoms with Crippen molar-refractivity contribution in [2.45, 2.75) is 76.2 Å². The van der Waals surface area contributed by atoms with Crippen molar-refractivity contribution in [3.05, 3.63) is 40.3 Å². The van der Waals surface area contributed by atoms with Crippen molar-refractivity contribution in [3.63, 3.8) is 0 Å². The Morgan fingerprint density at radius 3 is 2.70 bits per heavy atom. The van der Waals surface area contributed by atoms with Gasteiger partial charge < -0.3 is 14.6 Å². The van der Waals surface area contributed by atoms with Gasteiger partial charge in [-0.3, -0.25) is 4.79 Å². The normalized spacial score (nSPS) is 14.2. The number of rotatable bonds is 8. The fraction of sp³-hybridized carbons (Fsp3) is 0.444. The zero-order valence-corrected chi connectivity index (χ0v) is 23.2. The second-order valence-corrected chi connectivity index (χ2v) is 11.7. The largest absolute Gasteiger partial charge is 0.462 e. The van der Waals surface area contributed by atoms with E-state index in [0.29, 0.717) is 28.7 Å². The van der Waals surface area contributed by atoms with Crippen molar-refractivity contribution < 1.29 is 14.3 Å². The quantitative estimate of drug-likeness (QED) is 0.211. The Kier molecular flexibility index (Phi) is 7.48. The fourth-order valence-corrected chi connectivity index (χ4v) is 7.03. The highest BCUT2D eigenvalue weighted by molar-refractivity contribution is 8.00. The number of aromatic nitrogens is 4. The SMILES string of the molecule is CCOC(=O)c1c(NC(=O)[C@@H](CC)Sc2nnc3c4ccccc4n(C(C)C)c3n2)sc2c1CCCC2. The molecule has 0 unspecified atom stereocenters. The molecule has 37 heavy (non-hydrogen) atoms. The van der Waals surface area contributed by atoms with Gasteiger partial charge in [0.1, 0.15) is 10.5 Å². The number of thiophene rings is 1. The van der Waals surface area contributed by atoms with E-state index in [1.54, 1.807) is 6.92 Å². The van der Waals surface area contributed by atoms with Crippen molar-refractivity contribution in [3.8, 4) is 0 Å². The molecule has 194 valence electrons. The maximum atomic E-state index is 13.4. The second kappa shape index (κ2) is 10.8. The zero-order valence-electron chi connectivity index (χ0n) is 21.5. The van der Waals surface area contributed by atoms with Crippen LogP contribution in [-0.2, 0) is 22.4 Å². The summed E-state index contributed by atoms with van der Waals surface area (Å²) in [6.07, 6.45) is 4.47. The molecule has 8 nitrogen and oxygen atoms in total. The Morgan fingerprint density at radius 2 is 1.95 bits per heavy atom. The van der Waals surface area contributed by atoms with Crippen molar-refractivity contribution in [1.82, 2.24) is 19.7 Å². The molecule has 1 atom stereocenters. The third-order valence-corrected chi connectivity index (χ3v) is 9.03. The van der Waals surface area contributed by atoms with Crippen LogP contribution in [0, 0.1) is 0 Å². The lowest BCUT2D eigenvalue weighted by Gasteiger charge is -2.15. The summed E-state index contributed by atoms with van der Waals surface area (Å²) < 4.78 is 7.49. The molecule has 0 saturated carbocycles. The topological polar surface area (TPSA) is 99.0 Å². The molecule has 1 amide bonds. The van der Waals surface area contributed by atoms with E-state index >= 15 is 0 Å². The molecule has 3 heterocycles. The number of anilines is 1. The van der Waals surface area contributed by atoms with E-state index in [1.807, 2.05) is 25.1 Å². The average molecular weight is 538 g/mol. The van der Waals surface area contributed by atoms with Gasteiger partial charge in [-0.2, -0.15) is 0 Å². The number of amides is 1. The van der Waals surface area contributed by atoms with Crippen molar-refractivity contribution >= 4 is 62.0 Å². The van der Waals surface area contributed by atoms with Gasteiger partial charge in [0.05, 0.1) is 22.9 Å². The first-order chi connectivity index (χ1) is 17.9. The molecular weight excluding hydrogens is 506 g/mol. The summed E-state index contributed by atoms with van der Waals surface area (Å²) in [7, 11) is 0. The molecule has 1 N–H and O–H groups in total. The average Bonchev–Trinajstić information content (AvgIpc) is 3.42. The molecule has 1 aromatic carbocycles. The van der Waals surface area contributed by atoms with E-state index in [-0.39, 0.29) is 17.9 Å². The van der Waals surface area contributed by atoms with Crippen LogP contribution in [0.3, 0.4) is 0 Å². The van der Waals surface area contributed by atoms with Crippen LogP contribution in [0.15, 0.2) is 29.4 Å². The summed E-state index contributed by atoms with van der Waals surface area (Å²) in [5.74, 6) is -0.540. The third kappa shape index (κ3) is 4.84. The van der Waals surface area contributed by atoms with E-state index in [2.05, 4.69) is 40.0 Å². The van der Waals surface area contributed by atoms with Gasteiger partial charge in [-0.15, -0.1) is 21.5 Å². The minimum absolute atomic E-state index is 0.176. The highest BCUT2D eigenvalue weighted by Crippen LogP contribution is 2.39. The third-order valence-electron chi connectivity index (χ3n) is 6.61. The maximum Gasteiger partial charge on any atom is 0.341 e. The van der Waals surface area contributed by atoms with Crippen LogP contribution in [-0.4, -0.2) is 43.5 Å². The molecule has 0 saturated heterocycles. The number of para-hydroxylation sites is 1. The molecular formula is C27H31N5O3S2. The van der Waals surface area contributed by atoms with E-state index in [9.17, 15) is 9.59 Å². The van der Waals surface area contributed by atoms with Gasteiger partial charge in [-0.05, 0) is 64.5 Å². The predicted molar refractivity (Wildman–Crippen MR) is 149 cm³/mol. The number of aryl methyl sites for hydroxylation is 1. The lowest BCUT2D eigenvalue weighted by molar-refractivity contribution is -0.115. The molecule has 4 aromatic rings. The minimum Gasteiger partial charge on any atom is -0.462 e. The van der Waals surface area contributed by atoms with Crippen LogP contribution in [0.25, 0.3) is 22.1 Å². The first kappa shape index (κ1) is 25.7. The van der Waals surface area contributed by atoms with Crippen LogP contribution in [0.4, 0.5) is 5.00 Å². The predicted octanol–water partition coefficient (Wildman–Crippen LogP) is 6.19. The fourth-order valence-electron chi connectivity index (χ4n) is 4.93. The molecule has 0 spiro atoms. The summed E-state index contributed by atoms with van der Waals surface area (Å²) in [6, 6.07) is 8.28. The smallest absolute Gasteiger partial charge is 0.341 e. The van der Waals surface area contributed by atoms with Gasteiger partial charge >= 0.3 is 5.97 Å². The first-order valence-corrected chi connectivity index (χ1v) is 14.5. The van der Waals surface area contributed by atoms with Gasteiger partial charge in [0.25, 0.3) is 0 Å². The standard InChI is InChI=1S/C27H31N5O3S2/c1-5-19(24(33)29-25-21(26(34)35-6-2)17-12-8-10-14-20(17)36-25)37-27-28-23-22(30-31-27)16-11-7-9-13-18(16)32(23)15(3)4/h7,9,11,13,15,19H,5-6,8,10,12,14H2,1-4H3,(H,29,33)/t19-/m1/s1. The Balaban J connectivity index is 1.43. The Labute approximate surface area is 224 Å². The van der Waals surface area contributed by atoms with E-state index in [0.717, 1.165) is 53.3 Å². The molecule has 1 aliphatic carbocycles. The number of hydrogen-bond donors (Lipinski definition) is 1. The number of benzene rings is 1. The van der Waals surface area contributed by atoms with Gasteiger partial charge in [0, 0.05) is 16.3 Å². The summed E-state index contributed by atoms with van der Waals surface area (Å²) in [5.41, 5.74) is 4.14. The van der Waals surface area contributed by atoms with Crippen molar-refractivity contribution in [2.75, 3.05) is 11.9 Å². The monoisotopic (exact) mass is 537 g/mol. The summed E-state index contributed by atoms with van der Waals surface area (Å²) in [6.45, 7) is 8.28. The number of ether oxygens (including phenoxy) is 1.